The zero-order chi connectivity index (χ0) is 17.1. The van der Waals surface area contributed by atoms with Gasteiger partial charge in [0.15, 0.2) is 5.76 Å². The Bertz CT molecular complexity index is 852. The molecule has 24 heavy (non-hydrogen) atoms. The highest BCUT2D eigenvalue weighted by atomic mass is 35.5. The lowest BCUT2D eigenvalue weighted by molar-refractivity contribution is 0.0912. The molecule has 0 aliphatic carbocycles. The van der Waals surface area contributed by atoms with Crippen LogP contribution in [-0.4, -0.2) is 5.91 Å². The first kappa shape index (κ1) is 16.3. The van der Waals surface area contributed by atoms with Crippen LogP contribution in [0.15, 0.2) is 65.1 Å². The van der Waals surface area contributed by atoms with Crippen LogP contribution in [0.25, 0.3) is 11.3 Å². The van der Waals surface area contributed by atoms with Crippen LogP contribution in [-0.2, 0) is 0 Å². The van der Waals surface area contributed by atoms with E-state index < -0.39 is 0 Å². The van der Waals surface area contributed by atoms with Gasteiger partial charge in [0.05, 0.1) is 11.1 Å². The number of furan rings is 1. The van der Waals surface area contributed by atoms with Crippen LogP contribution in [0.3, 0.4) is 0 Å². The molecule has 0 saturated carbocycles. The van der Waals surface area contributed by atoms with Crippen LogP contribution >= 0.6 is 11.6 Å². The molecule has 122 valence electrons. The molecule has 0 aliphatic heterocycles. The van der Waals surface area contributed by atoms with Gasteiger partial charge in [0.25, 0.3) is 5.91 Å². The predicted octanol–water partition coefficient (Wildman–Crippen LogP) is 5.40. The second kappa shape index (κ2) is 6.93. The topological polar surface area (TPSA) is 42.2 Å². The maximum Gasteiger partial charge on any atom is 0.287 e. The fourth-order valence-corrected chi connectivity index (χ4v) is 2.70. The van der Waals surface area contributed by atoms with Crippen molar-refractivity contribution in [2.45, 2.75) is 19.9 Å². The molecule has 0 aliphatic rings. The Balaban J connectivity index is 1.74. The van der Waals surface area contributed by atoms with E-state index in [1.54, 1.807) is 18.2 Å². The van der Waals surface area contributed by atoms with Crippen molar-refractivity contribution in [3.63, 3.8) is 0 Å². The van der Waals surface area contributed by atoms with Gasteiger partial charge in [0.2, 0.25) is 0 Å². The number of carbonyl (C=O) groups is 1. The molecule has 0 spiro atoms. The Morgan fingerprint density at radius 2 is 1.75 bits per heavy atom. The summed E-state index contributed by atoms with van der Waals surface area (Å²) in [6, 6.07) is 18.8. The molecule has 1 unspecified atom stereocenters. The van der Waals surface area contributed by atoms with Gasteiger partial charge in [-0.2, -0.15) is 0 Å². The standard InChI is InChI=1S/C20H18ClNO2/c1-13-7-9-15(10-8-13)14(2)22-20(23)19-12-11-18(24-19)16-5-3-4-6-17(16)21/h3-12,14H,1-2H3,(H,22,23). The minimum atomic E-state index is -0.249. The molecule has 1 amide bonds. The number of hydrogen-bond donors (Lipinski definition) is 1. The third-order valence-corrected chi connectivity index (χ3v) is 4.22. The number of aryl methyl sites for hydroxylation is 1. The van der Waals surface area contributed by atoms with Gasteiger partial charge in [-0.15, -0.1) is 0 Å². The summed E-state index contributed by atoms with van der Waals surface area (Å²) in [5, 5.41) is 3.54. The fourth-order valence-electron chi connectivity index (χ4n) is 2.47. The molecular formula is C20H18ClNO2. The van der Waals surface area contributed by atoms with Gasteiger partial charge >= 0.3 is 0 Å². The van der Waals surface area contributed by atoms with E-state index in [2.05, 4.69) is 5.32 Å². The zero-order valence-corrected chi connectivity index (χ0v) is 14.3. The minimum absolute atomic E-state index is 0.105. The van der Waals surface area contributed by atoms with E-state index in [9.17, 15) is 4.79 Å². The molecule has 0 saturated heterocycles. The van der Waals surface area contributed by atoms with E-state index in [-0.39, 0.29) is 17.7 Å². The first-order chi connectivity index (χ1) is 11.5. The third-order valence-electron chi connectivity index (χ3n) is 3.89. The lowest BCUT2D eigenvalue weighted by Crippen LogP contribution is -2.26. The average Bonchev–Trinajstić information content (AvgIpc) is 3.05. The Morgan fingerprint density at radius 1 is 1.04 bits per heavy atom. The van der Waals surface area contributed by atoms with Crippen molar-refractivity contribution < 1.29 is 9.21 Å². The number of benzene rings is 2. The fraction of sp³-hybridized carbons (Fsp3) is 0.150. The first-order valence-electron chi connectivity index (χ1n) is 7.77. The molecule has 4 heteroatoms. The second-order valence-electron chi connectivity index (χ2n) is 5.75. The Hall–Kier alpha value is -2.52. The molecule has 0 fully saturated rings. The molecule has 0 bridgehead atoms. The third kappa shape index (κ3) is 3.52. The van der Waals surface area contributed by atoms with Gasteiger partial charge in [-0.1, -0.05) is 53.6 Å². The maximum absolute atomic E-state index is 12.4. The molecule has 1 N–H and O–H groups in total. The quantitative estimate of drug-likeness (QED) is 0.691. The molecule has 0 radical (unpaired) electrons. The van der Waals surface area contributed by atoms with E-state index in [4.69, 9.17) is 16.0 Å². The Kier molecular flexibility index (Phi) is 4.72. The minimum Gasteiger partial charge on any atom is -0.451 e. The number of nitrogens with one attached hydrogen (secondary N) is 1. The number of halogens is 1. The van der Waals surface area contributed by atoms with Crippen LogP contribution in [0, 0.1) is 6.92 Å². The largest absolute Gasteiger partial charge is 0.451 e. The predicted molar refractivity (Wildman–Crippen MR) is 96.2 cm³/mol. The van der Waals surface area contributed by atoms with Crippen LogP contribution in [0.1, 0.15) is 34.6 Å². The van der Waals surface area contributed by atoms with Gasteiger partial charge in [-0.25, -0.2) is 0 Å². The van der Waals surface area contributed by atoms with Crippen molar-refractivity contribution >= 4 is 17.5 Å². The van der Waals surface area contributed by atoms with Crippen molar-refractivity contribution in [1.29, 1.82) is 0 Å². The molecule has 1 aromatic heterocycles. The van der Waals surface area contributed by atoms with Crippen molar-refractivity contribution in [2.24, 2.45) is 0 Å². The lowest BCUT2D eigenvalue weighted by atomic mass is 10.1. The molecule has 3 rings (SSSR count). The summed E-state index contributed by atoms with van der Waals surface area (Å²) in [6.45, 7) is 3.98. The number of amides is 1. The maximum atomic E-state index is 12.4. The van der Waals surface area contributed by atoms with E-state index in [0.29, 0.717) is 10.8 Å². The highest BCUT2D eigenvalue weighted by Gasteiger charge is 2.16. The monoisotopic (exact) mass is 339 g/mol. The summed E-state index contributed by atoms with van der Waals surface area (Å²) >= 11 is 6.16. The number of rotatable bonds is 4. The highest BCUT2D eigenvalue weighted by molar-refractivity contribution is 6.33. The molecule has 1 heterocycles. The van der Waals surface area contributed by atoms with Crippen molar-refractivity contribution in [3.05, 3.63) is 82.6 Å². The van der Waals surface area contributed by atoms with Crippen molar-refractivity contribution in [1.82, 2.24) is 5.32 Å². The molecule has 1 atom stereocenters. The lowest BCUT2D eigenvalue weighted by Gasteiger charge is -2.13. The highest BCUT2D eigenvalue weighted by Crippen LogP contribution is 2.29. The Labute approximate surface area is 146 Å². The summed E-state index contributed by atoms with van der Waals surface area (Å²) in [7, 11) is 0. The van der Waals surface area contributed by atoms with Gasteiger partial charge in [0.1, 0.15) is 5.76 Å². The van der Waals surface area contributed by atoms with Crippen LogP contribution in [0.4, 0.5) is 0 Å². The average molecular weight is 340 g/mol. The summed E-state index contributed by atoms with van der Waals surface area (Å²) < 4.78 is 5.67. The van der Waals surface area contributed by atoms with Crippen molar-refractivity contribution in [3.8, 4) is 11.3 Å². The zero-order valence-electron chi connectivity index (χ0n) is 13.5. The number of hydrogen-bond acceptors (Lipinski definition) is 2. The number of carbonyl (C=O) groups excluding carboxylic acids is 1. The van der Waals surface area contributed by atoms with Crippen LogP contribution in [0.5, 0.6) is 0 Å². The first-order valence-corrected chi connectivity index (χ1v) is 8.14. The molecular weight excluding hydrogens is 322 g/mol. The van der Waals surface area contributed by atoms with Crippen molar-refractivity contribution in [2.75, 3.05) is 0 Å². The summed E-state index contributed by atoms with van der Waals surface area (Å²) in [6.07, 6.45) is 0. The normalized spacial score (nSPS) is 12.0. The van der Waals surface area contributed by atoms with Gasteiger partial charge < -0.3 is 9.73 Å². The smallest absolute Gasteiger partial charge is 0.287 e. The van der Waals surface area contributed by atoms with Gasteiger partial charge in [-0.05, 0) is 43.7 Å². The van der Waals surface area contributed by atoms with Gasteiger partial charge in [-0.3, -0.25) is 4.79 Å². The van der Waals surface area contributed by atoms with E-state index >= 15 is 0 Å². The SMILES string of the molecule is Cc1ccc(C(C)NC(=O)c2ccc(-c3ccccc3Cl)o2)cc1. The summed E-state index contributed by atoms with van der Waals surface area (Å²) in [4.78, 5) is 12.4. The Morgan fingerprint density at radius 3 is 2.46 bits per heavy atom. The molecule has 2 aromatic carbocycles. The van der Waals surface area contributed by atoms with Crippen LogP contribution < -0.4 is 5.32 Å². The second-order valence-corrected chi connectivity index (χ2v) is 6.16. The van der Waals surface area contributed by atoms with Gasteiger partial charge in [0, 0.05) is 5.56 Å². The summed E-state index contributed by atoms with van der Waals surface area (Å²) in [5.41, 5.74) is 3.00. The van der Waals surface area contributed by atoms with E-state index in [1.165, 1.54) is 5.56 Å². The molecule has 3 nitrogen and oxygen atoms in total. The van der Waals surface area contributed by atoms with Crippen LogP contribution in [0.2, 0.25) is 5.02 Å². The van der Waals surface area contributed by atoms with E-state index in [0.717, 1.165) is 11.1 Å². The van der Waals surface area contributed by atoms with E-state index in [1.807, 2.05) is 56.3 Å². The summed E-state index contributed by atoms with van der Waals surface area (Å²) in [5.74, 6) is 0.596. The molecule has 3 aromatic rings.